The summed E-state index contributed by atoms with van der Waals surface area (Å²) in [7, 11) is 0. The fourth-order valence-corrected chi connectivity index (χ4v) is 1.12. The van der Waals surface area contributed by atoms with Crippen LogP contribution in [-0.2, 0) is 14.4 Å². The topological polar surface area (TPSA) is 107 Å². The number of amides is 1. The van der Waals surface area contributed by atoms with Gasteiger partial charge < -0.3 is 20.3 Å². The molecule has 0 saturated carbocycles. The first-order chi connectivity index (χ1) is 7.61. The maximum absolute atomic E-state index is 11.4. The van der Waals surface area contributed by atoms with Gasteiger partial charge in [-0.1, -0.05) is 20.8 Å². The zero-order chi connectivity index (χ0) is 13.6. The molecule has 0 aromatic rings. The molecular formula is C11H18NO5-. The van der Waals surface area contributed by atoms with Crippen LogP contribution in [0.25, 0.3) is 0 Å². The van der Waals surface area contributed by atoms with E-state index in [-0.39, 0.29) is 11.8 Å². The molecule has 1 atom stereocenters. The van der Waals surface area contributed by atoms with E-state index in [0.717, 1.165) is 0 Å². The van der Waals surface area contributed by atoms with Gasteiger partial charge in [0, 0.05) is 18.8 Å². The summed E-state index contributed by atoms with van der Waals surface area (Å²) < 4.78 is 0. The molecule has 2 N–H and O–H groups in total. The summed E-state index contributed by atoms with van der Waals surface area (Å²) >= 11 is 0. The van der Waals surface area contributed by atoms with Crippen molar-refractivity contribution in [2.45, 2.75) is 46.1 Å². The van der Waals surface area contributed by atoms with Crippen molar-refractivity contribution in [3.05, 3.63) is 0 Å². The minimum atomic E-state index is -1.51. The van der Waals surface area contributed by atoms with E-state index in [1.807, 2.05) is 20.8 Å². The van der Waals surface area contributed by atoms with Gasteiger partial charge in [-0.15, -0.1) is 0 Å². The largest absolute Gasteiger partial charge is 0.550 e. The molecule has 0 fully saturated rings. The van der Waals surface area contributed by atoms with Crippen molar-refractivity contribution in [1.29, 1.82) is 0 Å². The second kappa shape index (κ2) is 6.22. The minimum Gasteiger partial charge on any atom is -0.550 e. The Morgan fingerprint density at radius 3 is 2.18 bits per heavy atom. The summed E-state index contributed by atoms with van der Waals surface area (Å²) in [5.74, 6) is -3.35. The molecule has 17 heavy (non-hydrogen) atoms. The summed E-state index contributed by atoms with van der Waals surface area (Å²) in [5.41, 5.74) is -0.0373. The van der Waals surface area contributed by atoms with E-state index in [2.05, 4.69) is 5.32 Å². The third-order valence-electron chi connectivity index (χ3n) is 2.11. The first-order valence-electron chi connectivity index (χ1n) is 5.34. The van der Waals surface area contributed by atoms with Crippen LogP contribution in [0.2, 0.25) is 0 Å². The number of rotatable bonds is 6. The van der Waals surface area contributed by atoms with Gasteiger partial charge >= 0.3 is 5.97 Å². The Bertz CT molecular complexity index is 305. The molecule has 0 aliphatic carbocycles. The van der Waals surface area contributed by atoms with E-state index in [0.29, 0.717) is 6.42 Å². The second-order valence-corrected chi connectivity index (χ2v) is 5.10. The Labute approximate surface area is 100 Å². The maximum Gasteiger partial charge on any atom is 0.326 e. The van der Waals surface area contributed by atoms with E-state index in [9.17, 15) is 19.5 Å². The van der Waals surface area contributed by atoms with Crippen LogP contribution in [-0.4, -0.2) is 29.0 Å². The van der Waals surface area contributed by atoms with Crippen molar-refractivity contribution in [3.63, 3.8) is 0 Å². The van der Waals surface area contributed by atoms with Gasteiger partial charge in [0.05, 0.1) is 0 Å². The van der Waals surface area contributed by atoms with E-state index < -0.39 is 30.3 Å². The van der Waals surface area contributed by atoms with E-state index in [1.165, 1.54) is 0 Å². The molecule has 0 aromatic carbocycles. The van der Waals surface area contributed by atoms with Crippen LogP contribution in [0.4, 0.5) is 0 Å². The Balaban J connectivity index is 4.22. The fourth-order valence-electron chi connectivity index (χ4n) is 1.12. The van der Waals surface area contributed by atoms with Gasteiger partial charge in [0.2, 0.25) is 5.91 Å². The van der Waals surface area contributed by atoms with Gasteiger partial charge in [-0.05, 0) is 11.8 Å². The highest BCUT2D eigenvalue weighted by atomic mass is 16.4. The molecule has 1 amide bonds. The zero-order valence-electron chi connectivity index (χ0n) is 10.3. The number of nitrogens with one attached hydrogen (secondary N) is 1. The first-order valence-corrected chi connectivity index (χ1v) is 5.34. The number of hydrogen-bond acceptors (Lipinski definition) is 4. The molecule has 0 radical (unpaired) electrons. The molecule has 0 bridgehead atoms. The lowest BCUT2D eigenvalue weighted by Crippen LogP contribution is -2.44. The predicted octanol–water partition coefficient (Wildman–Crippen LogP) is -0.478. The highest BCUT2D eigenvalue weighted by Gasteiger charge is 2.21. The Kier molecular flexibility index (Phi) is 5.64. The van der Waals surface area contributed by atoms with Crippen molar-refractivity contribution in [2.24, 2.45) is 5.41 Å². The molecule has 0 spiro atoms. The van der Waals surface area contributed by atoms with E-state index in [4.69, 9.17) is 5.11 Å². The monoisotopic (exact) mass is 244 g/mol. The minimum absolute atomic E-state index is 0.0373. The van der Waals surface area contributed by atoms with Crippen LogP contribution in [0.1, 0.15) is 40.0 Å². The molecule has 6 nitrogen and oxygen atoms in total. The van der Waals surface area contributed by atoms with Gasteiger partial charge in [-0.25, -0.2) is 4.79 Å². The van der Waals surface area contributed by atoms with Crippen LogP contribution in [0.3, 0.4) is 0 Å². The summed E-state index contributed by atoms with van der Waals surface area (Å²) in [4.78, 5) is 32.4. The highest BCUT2D eigenvalue weighted by Crippen LogP contribution is 2.20. The normalized spacial score (nSPS) is 12.9. The fraction of sp³-hybridized carbons (Fsp3) is 0.727. The van der Waals surface area contributed by atoms with Crippen molar-refractivity contribution in [2.75, 3.05) is 0 Å². The number of aliphatic carboxylic acids is 2. The first kappa shape index (κ1) is 15.4. The SMILES string of the molecule is CC(C)(C)CCC(=O)N[C@@H](CC(=O)[O-])C(=O)O. The van der Waals surface area contributed by atoms with E-state index >= 15 is 0 Å². The summed E-state index contributed by atoms with van der Waals surface area (Å²) in [6, 6.07) is -1.42. The molecule has 98 valence electrons. The number of carboxylic acid groups (broad SMARTS) is 2. The molecule has 0 aliphatic rings. The zero-order valence-corrected chi connectivity index (χ0v) is 10.3. The van der Waals surface area contributed by atoms with Crippen LogP contribution < -0.4 is 10.4 Å². The molecular weight excluding hydrogens is 226 g/mol. The molecule has 0 aliphatic heterocycles. The third kappa shape index (κ3) is 8.24. The Morgan fingerprint density at radius 2 is 1.82 bits per heavy atom. The highest BCUT2D eigenvalue weighted by molar-refractivity contribution is 5.86. The molecule has 0 unspecified atom stereocenters. The molecule has 0 aromatic heterocycles. The van der Waals surface area contributed by atoms with Crippen LogP contribution in [0.15, 0.2) is 0 Å². The molecule has 0 rings (SSSR count). The Morgan fingerprint density at radius 1 is 1.29 bits per heavy atom. The predicted molar refractivity (Wildman–Crippen MR) is 57.9 cm³/mol. The Hall–Kier alpha value is -1.59. The number of carbonyl (C=O) groups is 3. The van der Waals surface area contributed by atoms with Gasteiger partial charge in [-0.2, -0.15) is 0 Å². The van der Waals surface area contributed by atoms with Gasteiger partial charge in [-0.3, -0.25) is 4.79 Å². The van der Waals surface area contributed by atoms with Crippen LogP contribution in [0, 0.1) is 5.41 Å². The average molecular weight is 244 g/mol. The average Bonchev–Trinajstić information content (AvgIpc) is 2.11. The van der Waals surface area contributed by atoms with Gasteiger partial charge in [0.1, 0.15) is 6.04 Å². The van der Waals surface area contributed by atoms with E-state index in [1.54, 1.807) is 0 Å². The van der Waals surface area contributed by atoms with Gasteiger partial charge in [0.25, 0.3) is 0 Å². The number of hydrogen-bond donors (Lipinski definition) is 2. The molecule has 0 saturated heterocycles. The van der Waals surface area contributed by atoms with Crippen molar-refractivity contribution in [3.8, 4) is 0 Å². The van der Waals surface area contributed by atoms with Crippen molar-refractivity contribution in [1.82, 2.24) is 5.32 Å². The number of carbonyl (C=O) groups excluding carboxylic acids is 2. The lowest BCUT2D eigenvalue weighted by molar-refractivity contribution is -0.306. The lowest BCUT2D eigenvalue weighted by atomic mass is 9.90. The van der Waals surface area contributed by atoms with Crippen LogP contribution >= 0.6 is 0 Å². The van der Waals surface area contributed by atoms with Gasteiger partial charge in [0.15, 0.2) is 0 Å². The van der Waals surface area contributed by atoms with Crippen molar-refractivity contribution < 1.29 is 24.6 Å². The molecule has 0 heterocycles. The molecule has 6 heteroatoms. The van der Waals surface area contributed by atoms with Crippen LogP contribution in [0.5, 0.6) is 0 Å². The summed E-state index contributed by atoms with van der Waals surface area (Å²) in [5, 5.41) is 21.1. The third-order valence-corrected chi connectivity index (χ3v) is 2.11. The quantitative estimate of drug-likeness (QED) is 0.656. The summed E-state index contributed by atoms with van der Waals surface area (Å²) in [6.45, 7) is 5.86. The second-order valence-electron chi connectivity index (χ2n) is 5.10. The lowest BCUT2D eigenvalue weighted by Gasteiger charge is -2.19. The summed E-state index contributed by atoms with van der Waals surface area (Å²) in [6.07, 6.45) is 0.0351. The smallest absolute Gasteiger partial charge is 0.326 e. The van der Waals surface area contributed by atoms with Crippen molar-refractivity contribution >= 4 is 17.8 Å². The maximum atomic E-state index is 11.4. The standard InChI is InChI=1S/C11H19NO5/c1-11(2,3)5-4-8(13)12-7(10(16)17)6-9(14)15/h7H,4-6H2,1-3H3,(H,12,13)(H,14,15)(H,16,17)/p-1/t7-/m0/s1. The number of carboxylic acids is 2.